The van der Waals surface area contributed by atoms with Crippen molar-refractivity contribution >= 4 is 5.91 Å². The van der Waals surface area contributed by atoms with Crippen LogP contribution < -0.4 is 11.1 Å². The van der Waals surface area contributed by atoms with Crippen LogP contribution in [-0.2, 0) is 6.54 Å². The predicted octanol–water partition coefficient (Wildman–Crippen LogP) is 1.74. The standard InChI is InChI=1S/C15H24FN3O/c1-11(2)19(3)8-4-7-18-10-13-9-12(15(17)20)5-6-14(13)16/h5-6,9,11,18H,4,7-8,10H2,1-3H3,(H2,17,20). The number of hydrogen-bond acceptors (Lipinski definition) is 3. The Morgan fingerprint density at radius 3 is 2.75 bits per heavy atom. The van der Waals surface area contributed by atoms with Gasteiger partial charge in [0.05, 0.1) is 0 Å². The molecule has 1 amide bonds. The van der Waals surface area contributed by atoms with Crippen molar-refractivity contribution in [3.05, 3.63) is 35.1 Å². The first kappa shape index (κ1) is 16.6. The van der Waals surface area contributed by atoms with E-state index in [9.17, 15) is 9.18 Å². The van der Waals surface area contributed by atoms with Crippen LogP contribution in [-0.4, -0.2) is 37.0 Å². The van der Waals surface area contributed by atoms with Gasteiger partial charge < -0.3 is 16.0 Å². The van der Waals surface area contributed by atoms with Gasteiger partial charge in [-0.05, 0) is 58.6 Å². The van der Waals surface area contributed by atoms with Crippen LogP contribution in [0.4, 0.5) is 4.39 Å². The molecule has 3 N–H and O–H groups in total. The van der Waals surface area contributed by atoms with E-state index in [2.05, 4.69) is 31.1 Å². The first-order chi connectivity index (χ1) is 9.41. The zero-order chi connectivity index (χ0) is 15.1. The third-order valence-corrected chi connectivity index (χ3v) is 3.39. The molecular weight excluding hydrogens is 257 g/mol. The number of nitrogens with zero attached hydrogens (tertiary/aromatic N) is 1. The molecular formula is C15H24FN3O. The number of primary amides is 1. The Bertz CT molecular complexity index is 449. The van der Waals surface area contributed by atoms with Crippen LogP contribution in [0.2, 0.25) is 0 Å². The van der Waals surface area contributed by atoms with Gasteiger partial charge in [-0.15, -0.1) is 0 Å². The summed E-state index contributed by atoms with van der Waals surface area (Å²) in [6, 6.07) is 4.72. The molecule has 5 heteroatoms. The zero-order valence-electron chi connectivity index (χ0n) is 12.4. The minimum Gasteiger partial charge on any atom is -0.366 e. The number of carbonyl (C=O) groups is 1. The molecule has 0 heterocycles. The summed E-state index contributed by atoms with van der Waals surface area (Å²) in [5.41, 5.74) is 5.99. The third-order valence-electron chi connectivity index (χ3n) is 3.39. The minimum absolute atomic E-state index is 0.318. The lowest BCUT2D eigenvalue weighted by atomic mass is 10.1. The van der Waals surface area contributed by atoms with E-state index < -0.39 is 5.91 Å². The Morgan fingerprint density at radius 2 is 2.15 bits per heavy atom. The third kappa shape index (κ3) is 5.27. The van der Waals surface area contributed by atoms with Crippen molar-refractivity contribution in [2.24, 2.45) is 5.73 Å². The lowest BCUT2D eigenvalue weighted by Crippen LogP contribution is -2.29. The topological polar surface area (TPSA) is 58.4 Å². The number of amides is 1. The Hall–Kier alpha value is -1.46. The number of hydrogen-bond donors (Lipinski definition) is 2. The van der Waals surface area contributed by atoms with Gasteiger partial charge >= 0.3 is 0 Å². The number of nitrogens with one attached hydrogen (secondary N) is 1. The second-order valence-electron chi connectivity index (χ2n) is 5.28. The smallest absolute Gasteiger partial charge is 0.248 e. The summed E-state index contributed by atoms with van der Waals surface area (Å²) in [6.45, 7) is 6.50. The number of nitrogens with two attached hydrogens (primary N) is 1. The highest BCUT2D eigenvalue weighted by atomic mass is 19.1. The van der Waals surface area contributed by atoms with Crippen molar-refractivity contribution < 1.29 is 9.18 Å². The van der Waals surface area contributed by atoms with Crippen molar-refractivity contribution in [1.82, 2.24) is 10.2 Å². The number of carbonyl (C=O) groups excluding carboxylic acids is 1. The highest BCUT2D eigenvalue weighted by molar-refractivity contribution is 5.92. The van der Waals surface area contributed by atoms with E-state index in [0.29, 0.717) is 23.7 Å². The molecule has 1 rings (SSSR count). The van der Waals surface area contributed by atoms with E-state index in [4.69, 9.17) is 5.73 Å². The van der Waals surface area contributed by atoms with E-state index in [-0.39, 0.29) is 5.82 Å². The normalized spacial score (nSPS) is 11.3. The van der Waals surface area contributed by atoms with Gasteiger partial charge in [0.15, 0.2) is 0 Å². The average Bonchev–Trinajstić information content (AvgIpc) is 2.39. The Balaban J connectivity index is 2.38. The van der Waals surface area contributed by atoms with Crippen molar-refractivity contribution in [2.45, 2.75) is 32.9 Å². The van der Waals surface area contributed by atoms with Gasteiger partial charge in [0, 0.05) is 23.7 Å². The van der Waals surface area contributed by atoms with E-state index in [1.54, 1.807) is 0 Å². The fourth-order valence-corrected chi connectivity index (χ4v) is 1.80. The molecule has 1 aromatic rings. The van der Waals surface area contributed by atoms with E-state index in [1.807, 2.05) is 0 Å². The molecule has 0 bridgehead atoms. The Kier molecular flexibility index (Phi) is 6.61. The summed E-state index contributed by atoms with van der Waals surface area (Å²) >= 11 is 0. The highest BCUT2D eigenvalue weighted by Gasteiger charge is 2.07. The van der Waals surface area contributed by atoms with Gasteiger partial charge in [0.2, 0.25) is 5.91 Å². The maximum atomic E-state index is 13.6. The number of rotatable bonds is 8. The van der Waals surface area contributed by atoms with Gasteiger partial charge in [-0.3, -0.25) is 4.79 Å². The molecule has 0 aliphatic carbocycles. The van der Waals surface area contributed by atoms with E-state index in [1.165, 1.54) is 18.2 Å². The van der Waals surface area contributed by atoms with E-state index >= 15 is 0 Å². The number of benzene rings is 1. The van der Waals surface area contributed by atoms with Gasteiger partial charge in [-0.25, -0.2) is 4.39 Å². The molecule has 112 valence electrons. The molecule has 0 aliphatic heterocycles. The van der Waals surface area contributed by atoms with Gasteiger partial charge in [0.25, 0.3) is 0 Å². The molecule has 0 aromatic heterocycles. The first-order valence-corrected chi connectivity index (χ1v) is 6.91. The van der Waals surface area contributed by atoms with Crippen molar-refractivity contribution in [2.75, 3.05) is 20.1 Å². The molecule has 20 heavy (non-hydrogen) atoms. The van der Waals surface area contributed by atoms with Gasteiger partial charge in [-0.1, -0.05) is 0 Å². The van der Waals surface area contributed by atoms with Crippen LogP contribution >= 0.6 is 0 Å². The summed E-state index contributed by atoms with van der Waals surface area (Å²) < 4.78 is 13.6. The van der Waals surface area contributed by atoms with Crippen molar-refractivity contribution in [3.8, 4) is 0 Å². The van der Waals surface area contributed by atoms with Gasteiger partial charge in [-0.2, -0.15) is 0 Å². The monoisotopic (exact) mass is 281 g/mol. The van der Waals surface area contributed by atoms with Crippen LogP contribution in [0.25, 0.3) is 0 Å². The quantitative estimate of drug-likeness (QED) is 0.714. The summed E-state index contributed by atoms with van der Waals surface area (Å²) in [5, 5.41) is 3.18. The summed E-state index contributed by atoms with van der Waals surface area (Å²) in [7, 11) is 2.08. The average molecular weight is 281 g/mol. The van der Waals surface area contributed by atoms with Gasteiger partial charge in [0.1, 0.15) is 5.82 Å². The lowest BCUT2D eigenvalue weighted by Gasteiger charge is -2.20. The molecule has 0 fully saturated rings. The molecule has 0 atom stereocenters. The summed E-state index contributed by atoms with van der Waals surface area (Å²) in [4.78, 5) is 13.3. The fraction of sp³-hybridized carbons (Fsp3) is 0.533. The first-order valence-electron chi connectivity index (χ1n) is 6.91. The fourth-order valence-electron chi connectivity index (χ4n) is 1.80. The SMILES string of the molecule is CC(C)N(C)CCCNCc1cc(C(N)=O)ccc1F. The summed E-state index contributed by atoms with van der Waals surface area (Å²) in [5.74, 6) is -0.855. The van der Waals surface area contributed by atoms with Crippen LogP contribution in [0.3, 0.4) is 0 Å². The molecule has 0 saturated carbocycles. The van der Waals surface area contributed by atoms with Crippen molar-refractivity contribution in [3.63, 3.8) is 0 Å². The molecule has 0 saturated heterocycles. The van der Waals surface area contributed by atoms with Crippen LogP contribution in [0, 0.1) is 5.82 Å². The molecule has 4 nitrogen and oxygen atoms in total. The highest BCUT2D eigenvalue weighted by Crippen LogP contribution is 2.10. The molecule has 0 unspecified atom stereocenters. The second kappa shape index (κ2) is 7.97. The largest absolute Gasteiger partial charge is 0.366 e. The summed E-state index contributed by atoms with van der Waals surface area (Å²) in [6.07, 6.45) is 0.992. The second-order valence-corrected chi connectivity index (χ2v) is 5.28. The van der Waals surface area contributed by atoms with E-state index in [0.717, 1.165) is 19.5 Å². The molecule has 0 aliphatic rings. The maximum absolute atomic E-state index is 13.6. The molecule has 0 radical (unpaired) electrons. The number of halogens is 1. The molecule has 0 spiro atoms. The lowest BCUT2D eigenvalue weighted by molar-refractivity contribution is 0.1000. The Morgan fingerprint density at radius 1 is 1.45 bits per heavy atom. The minimum atomic E-state index is -0.537. The molecule has 1 aromatic carbocycles. The van der Waals surface area contributed by atoms with Crippen LogP contribution in [0.15, 0.2) is 18.2 Å². The maximum Gasteiger partial charge on any atom is 0.248 e. The van der Waals surface area contributed by atoms with Crippen molar-refractivity contribution in [1.29, 1.82) is 0 Å². The predicted molar refractivity (Wildman–Crippen MR) is 79.0 cm³/mol. The zero-order valence-corrected chi connectivity index (χ0v) is 12.4. The Labute approximate surface area is 120 Å². The van der Waals surface area contributed by atoms with Crippen LogP contribution in [0.1, 0.15) is 36.2 Å². The van der Waals surface area contributed by atoms with Crippen LogP contribution in [0.5, 0.6) is 0 Å².